The van der Waals surface area contributed by atoms with E-state index < -0.39 is 13.7 Å². The van der Waals surface area contributed by atoms with Gasteiger partial charge in [0.25, 0.3) is 0 Å². The van der Waals surface area contributed by atoms with E-state index in [-0.39, 0.29) is 5.97 Å². The van der Waals surface area contributed by atoms with Crippen LogP contribution in [-0.2, 0) is 9.53 Å². The number of unbranched alkanes of at least 4 members (excludes halogenated alkanes) is 2. The minimum Gasteiger partial charge on any atom is -0.446 e. The molecule has 3 heteroatoms. The average Bonchev–Trinajstić information content (AvgIpc) is 2.26. The molecule has 0 aromatic rings. The number of ether oxygens (including phenoxy) is 1. The highest BCUT2D eigenvalue weighted by molar-refractivity contribution is 6.83. The molecular weight excluding hydrogens is 264 g/mol. The maximum atomic E-state index is 11.2. The number of carbonyl (C=O) groups excluding carboxylic acids is 1. The summed E-state index contributed by atoms with van der Waals surface area (Å²) in [7, 11) is -1.28. The SMILES string of the molecule is CCCC#CC(C)(CCCC#C[Si](C)(C)C)OC(C)=O. The fraction of sp³-hybridized carbons (Fsp3) is 0.706. The Kier molecular flexibility index (Phi) is 8.35. The fourth-order valence-corrected chi connectivity index (χ4v) is 2.33. The number of carbonyl (C=O) groups is 1. The molecule has 0 saturated carbocycles. The number of hydrogen-bond donors (Lipinski definition) is 0. The molecule has 0 radical (unpaired) electrons. The van der Waals surface area contributed by atoms with Crippen LogP contribution in [0.1, 0.15) is 52.9 Å². The summed E-state index contributed by atoms with van der Waals surface area (Å²) in [6.45, 7) is 12.1. The van der Waals surface area contributed by atoms with Crippen LogP contribution in [0, 0.1) is 23.3 Å². The molecule has 0 heterocycles. The zero-order valence-corrected chi connectivity index (χ0v) is 14.9. The molecule has 0 spiro atoms. The molecule has 0 aliphatic rings. The van der Waals surface area contributed by atoms with E-state index in [0.29, 0.717) is 0 Å². The number of esters is 1. The summed E-state index contributed by atoms with van der Waals surface area (Å²) in [4.78, 5) is 11.2. The number of hydrogen-bond acceptors (Lipinski definition) is 2. The summed E-state index contributed by atoms with van der Waals surface area (Å²) in [5.41, 5.74) is 2.68. The highest BCUT2D eigenvalue weighted by Gasteiger charge is 2.24. The summed E-state index contributed by atoms with van der Waals surface area (Å²) in [5.74, 6) is 9.16. The molecule has 0 bridgehead atoms. The van der Waals surface area contributed by atoms with Crippen LogP contribution in [0.2, 0.25) is 19.6 Å². The molecule has 0 aliphatic heterocycles. The van der Waals surface area contributed by atoms with E-state index in [0.717, 1.165) is 32.1 Å². The minimum absolute atomic E-state index is 0.272. The summed E-state index contributed by atoms with van der Waals surface area (Å²) in [6.07, 6.45) is 4.35. The molecule has 0 saturated heterocycles. The van der Waals surface area contributed by atoms with Gasteiger partial charge in [0.05, 0.1) is 0 Å². The highest BCUT2D eigenvalue weighted by atomic mass is 28.3. The predicted molar refractivity (Wildman–Crippen MR) is 87.8 cm³/mol. The van der Waals surface area contributed by atoms with Crippen LogP contribution in [0.5, 0.6) is 0 Å². The second-order valence-corrected chi connectivity index (χ2v) is 11.0. The Morgan fingerprint density at radius 3 is 2.35 bits per heavy atom. The molecular formula is C17H28O2Si. The standard InChI is InChI=1S/C17H28O2Si/c1-7-8-10-13-17(3,19-16(2)18)14-11-9-12-15-20(4,5)6/h7-9,11,14H2,1-6H3. The van der Waals surface area contributed by atoms with E-state index in [2.05, 4.69) is 49.9 Å². The summed E-state index contributed by atoms with van der Waals surface area (Å²) in [6, 6.07) is 0. The van der Waals surface area contributed by atoms with Gasteiger partial charge in [-0.2, -0.15) is 0 Å². The zero-order chi connectivity index (χ0) is 15.6. The van der Waals surface area contributed by atoms with Crippen LogP contribution >= 0.6 is 0 Å². The van der Waals surface area contributed by atoms with Crippen molar-refractivity contribution in [3.05, 3.63) is 0 Å². The van der Waals surface area contributed by atoms with Gasteiger partial charge in [0, 0.05) is 19.8 Å². The van der Waals surface area contributed by atoms with E-state index in [1.807, 2.05) is 6.92 Å². The van der Waals surface area contributed by atoms with Crippen LogP contribution in [0.15, 0.2) is 0 Å². The lowest BCUT2D eigenvalue weighted by molar-refractivity contribution is -0.150. The van der Waals surface area contributed by atoms with Gasteiger partial charge in [-0.05, 0) is 26.2 Å². The zero-order valence-electron chi connectivity index (χ0n) is 13.9. The Hall–Kier alpha value is -1.19. The lowest BCUT2D eigenvalue weighted by atomic mass is 9.99. The van der Waals surface area contributed by atoms with Crippen molar-refractivity contribution >= 4 is 14.0 Å². The van der Waals surface area contributed by atoms with Crippen LogP contribution in [-0.4, -0.2) is 19.6 Å². The molecule has 1 atom stereocenters. The summed E-state index contributed by atoms with van der Waals surface area (Å²) < 4.78 is 5.38. The number of rotatable bonds is 5. The molecule has 0 amide bonds. The van der Waals surface area contributed by atoms with Gasteiger partial charge in [-0.3, -0.25) is 4.79 Å². The summed E-state index contributed by atoms with van der Waals surface area (Å²) >= 11 is 0. The van der Waals surface area contributed by atoms with E-state index >= 15 is 0 Å². The van der Waals surface area contributed by atoms with Crippen molar-refractivity contribution in [1.29, 1.82) is 0 Å². The normalized spacial score (nSPS) is 13.3. The maximum absolute atomic E-state index is 11.2. The molecule has 0 rings (SSSR count). The largest absolute Gasteiger partial charge is 0.446 e. The highest BCUT2D eigenvalue weighted by Crippen LogP contribution is 2.18. The quantitative estimate of drug-likeness (QED) is 0.329. The third-order valence-electron chi connectivity index (χ3n) is 2.52. The molecule has 0 aromatic carbocycles. The van der Waals surface area contributed by atoms with Gasteiger partial charge in [0.15, 0.2) is 5.60 Å². The molecule has 20 heavy (non-hydrogen) atoms. The Labute approximate surface area is 125 Å². The van der Waals surface area contributed by atoms with Crippen molar-refractivity contribution < 1.29 is 9.53 Å². The van der Waals surface area contributed by atoms with Crippen LogP contribution in [0.3, 0.4) is 0 Å². The Bertz CT molecular complexity index is 426. The average molecular weight is 292 g/mol. The molecule has 1 unspecified atom stereocenters. The molecule has 0 fully saturated rings. The predicted octanol–water partition coefficient (Wildman–Crippen LogP) is 4.16. The molecule has 0 aliphatic carbocycles. The van der Waals surface area contributed by atoms with Crippen LogP contribution in [0.4, 0.5) is 0 Å². The molecule has 112 valence electrons. The van der Waals surface area contributed by atoms with E-state index in [9.17, 15) is 4.79 Å². The van der Waals surface area contributed by atoms with Crippen molar-refractivity contribution in [2.24, 2.45) is 0 Å². The van der Waals surface area contributed by atoms with Gasteiger partial charge in [0.2, 0.25) is 0 Å². The van der Waals surface area contributed by atoms with Gasteiger partial charge in [-0.1, -0.05) is 38.4 Å². The van der Waals surface area contributed by atoms with E-state index in [4.69, 9.17) is 4.74 Å². The smallest absolute Gasteiger partial charge is 0.304 e. The topological polar surface area (TPSA) is 26.3 Å². The van der Waals surface area contributed by atoms with Crippen molar-refractivity contribution in [3.63, 3.8) is 0 Å². The van der Waals surface area contributed by atoms with Crippen molar-refractivity contribution in [3.8, 4) is 23.3 Å². The lowest BCUT2D eigenvalue weighted by Gasteiger charge is -2.23. The minimum atomic E-state index is -1.28. The second-order valence-electron chi connectivity index (χ2n) is 6.28. The second kappa shape index (κ2) is 8.87. The van der Waals surface area contributed by atoms with Crippen molar-refractivity contribution in [1.82, 2.24) is 0 Å². The monoisotopic (exact) mass is 292 g/mol. The lowest BCUT2D eigenvalue weighted by Crippen LogP contribution is -2.29. The maximum Gasteiger partial charge on any atom is 0.304 e. The van der Waals surface area contributed by atoms with Gasteiger partial charge < -0.3 is 4.74 Å². The van der Waals surface area contributed by atoms with Gasteiger partial charge in [0.1, 0.15) is 8.07 Å². The first-order chi connectivity index (χ1) is 9.18. The van der Waals surface area contributed by atoms with Crippen LogP contribution in [0.25, 0.3) is 0 Å². The van der Waals surface area contributed by atoms with Crippen molar-refractivity contribution in [2.75, 3.05) is 0 Å². The van der Waals surface area contributed by atoms with Gasteiger partial charge >= 0.3 is 5.97 Å². The van der Waals surface area contributed by atoms with Gasteiger partial charge in [-0.15, -0.1) is 11.5 Å². The molecule has 0 aromatic heterocycles. The first kappa shape index (κ1) is 18.8. The Balaban J connectivity index is 4.48. The van der Waals surface area contributed by atoms with E-state index in [1.165, 1.54) is 6.92 Å². The first-order valence-electron chi connectivity index (χ1n) is 7.38. The van der Waals surface area contributed by atoms with E-state index in [1.54, 1.807) is 0 Å². The summed E-state index contributed by atoms with van der Waals surface area (Å²) in [5, 5.41) is 0. The van der Waals surface area contributed by atoms with Crippen molar-refractivity contribution in [2.45, 2.75) is 78.1 Å². The van der Waals surface area contributed by atoms with Gasteiger partial charge in [-0.25, -0.2) is 0 Å². The Morgan fingerprint density at radius 2 is 1.85 bits per heavy atom. The third kappa shape index (κ3) is 10.7. The molecule has 0 N–H and O–H groups in total. The third-order valence-corrected chi connectivity index (χ3v) is 3.44. The first-order valence-corrected chi connectivity index (χ1v) is 10.9. The fourth-order valence-electron chi connectivity index (χ4n) is 1.67. The van der Waals surface area contributed by atoms with Crippen LogP contribution < -0.4 is 0 Å². The Morgan fingerprint density at radius 1 is 1.20 bits per heavy atom. The molecule has 2 nitrogen and oxygen atoms in total.